The molecule has 0 bridgehead atoms. The molecule has 1 aromatic heterocycles. The molecule has 34 heavy (non-hydrogen) atoms. The summed E-state index contributed by atoms with van der Waals surface area (Å²) in [5.41, 5.74) is 1.79. The van der Waals surface area contributed by atoms with Crippen molar-refractivity contribution < 1.29 is 14.3 Å². The lowest BCUT2D eigenvalue weighted by Crippen LogP contribution is -2.45. The Hall–Kier alpha value is -1.87. The SMILES string of the molecule is CCCCCCNC(=O)c1ccc(CSc2nc(Cl)cc(N3CCC4(CC3)OCCO4)n2)cc1. The minimum Gasteiger partial charge on any atom is -0.356 e. The van der Waals surface area contributed by atoms with E-state index in [9.17, 15) is 4.79 Å². The van der Waals surface area contributed by atoms with Gasteiger partial charge >= 0.3 is 0 Å². The summed E-state index contributed by atoms with van der Waals surface area (Å²) in [5, 5.41) is 4.08. The zero-order valence-corrected chi connectivity index (χ0v) is 21.3. The third-order valence-electron chi connectivity index (χ3n) is 6.22. The van der Waals surface area contributed by atoms with Gasteiger partial charge in [0.2, 0.25) is 0 Å². The predicted molar refractivity (Wildman–Crippen MR) is 136 cm³/mol. The normalized spacial score (nSPS) is 17.3. The Labute approximate surface area is 211 Å². The zero-order valence-electron chi connectivity index (χ0n) is 19.7. The van der Waals surface area contributed by atoms with Gasteiger partial charge in [0, 0.05) is 49.9 Å². The van der Waals surface area contributed by atoms with E-state index in [-0.39, 0.29) is 5.91 Å². The lowest BCUT2D eigenvalue weighted by Gasteiger charge is -2.38. The van der Waals surface area contributed by atoms with E-state index in [1.165, 1.54) is 24.6 Å². The molecule has 1 amide bonds. The van der Waals surface area contributed by atoms with E-state index in [0.717, 1.165) is 56.7 Å². The van der Waals surface area contributed by atoms with Crippen molar-refractivity contribution in [3.63, 3.8) is 0 Å². The molecule has 184 valence electrons. The molecule has 2 saturated heterocycles. The number of benzene rings is 1. The van der Waals surface area contributed by atoms with Gasteiger partial charge in [0.15, 0.2) is 10.9 Å². The molecule has 1 aromatic carbocycles. The summed E-state index contributed by atoms with van der Waals surface area (Å²) in [7, 11) is 0. The monoisotopic (exact) mass is 504 g/mol. The van der Waals surface area contributed by atoms with Crippen LogP contribution >= 0.6 is 23.4 Å². The number of halogens is 1. The minimum atomic E-state index is -0.414. The maximum absolute atomic E-state index is 12.3. The van der Waals surface area contributed by atoms with Gasteiger partial charge in [-0.25, -0.2) is 9.97 Å². The second-order valence-electron chi connectivity index (χ2n) is 8.73. The highest BCUT2D eigenvalue weighted by atomic mass is 35.5. The maximum atomic E-state index is 12.3. The molecule has 2 fully saturated rings. The second-order valence-corrected chi connectivity index (χ2v) is 10.1. The molecule has 7 nitrogen and oxygen atoms in total. The van der Waals surface area contributed by atoms with Crippen molar-refractivity contribution in [2.24, 2.45) is 0 Å². The molecular weight excluding hydrogens is 472 g/mol. The molecule has 0 unspecified atom stereocenters. The van der Waals surface area contributed by atoms with Crippen LogP contribution < -0.4 is 10.2 Å². The number of anilines is 1. The summed E-state index contributed by atoms with van der Waals surface area (Å²) in [4.78, 5) is 23.6. The largest absolute Gasteiger partial charge is 0.356 e. The molecule has 1 spiro atoms. The van der Waals surface area contributed by atoms with Crippen LogP contribution in [-0.4, -0.2) is 54.5 Å². The van der Waals surface area contributed by atoms with Gasteiger partial charge in [-0.15, -0.1) is 0 Å². The Kier molecular flexibility index (Phi) is 9.05. The number of ether oxygens (including phenoxy) is 2. The molecule has 2 aliphatic rings. The van der Waals surface area contributed by atoms with Crippen molar-refractivity contribution in [1.29, 1.82) is 0 Å². The molecule has 3 heterocycles. The first-order valence-corrected chi connectivity index (χ1v) is 13.5. The highest BCUT2D eigenvalue weighted by molar-refractivity contribution is 7.98. The minimum absolute atomic E-state index is 0.0183. The van der Waals surface area contributed by atoms with Crippen molar-refractivity contribution in [2.75, 3.05) is 37.7 Å². The molecule has 0 saturated carbocycles. The number of nitrogens with one attached hydrogen (secondary N) is 1. The molecule has 2 aliphatic heterocycles. The van der Waals surface area contributed by atoms with E-state index in [2.05, 4.69) is 22.1 Å². The maximum Gasteiger partial charge on any atom is 0.251 e. The fraction of sp³-hybridized carbons (Fsp3) is 0.560. The first-order chi connectivity index (χ1) is 16.6. The third-order valence-corrected chi connectivity index (χ3v) is 7.34. The summed E-state index contributed by atoms with van der Waals surface area (Å²) in [6.45, 7) is 5.86. The standard InChI is InChI=1S/C25H33ClN4O3S/c1-2-3-4-5-12-27-23(31)20-8-6-19(7-9-20)18-34-24-28-21(26)17-22(29-24)30-13-10-25(11-14-30)32-15-16-33-25/h6-9,17H,2-5,10-16,18H2,1H3,(H,27,31). The number of hydrogen-bond donors (Lipinski definition) is 1. The van der Waals surface area contributed by atoms with E-state index in [1.54, 1.807) is 0 Å². The Morgan fingerprint density at radius 3 is 2.56 bits per heavy atom. The van der Waals surface area contributed by atoms with Crippen LogP contribution in [0.15, 0.2) is 35.5 Å². The Morgan fingerprint density at radius 2 is 1.85 bits per heavy atom. The molecule has 1 N–H and O–H groups in total. The number of hydrogen-bond acceptors (Lipinski definition) is 7. The molecular formula is C25H33ClN4O3S. The molecule has 0 aliphatic carbocycles. The Balaban J connectivity index is 1.28. The zero-order chi connectivity index (χ0) is 23.8. The smallest absolute Gasteiger partial charge is 0.251 e. The molecule has 2 aromatic rings. The van der Waals surface area contributed by atoms with Crippen LogP contribution in [0.5, 0.6) is 0 Å². The van der Waals surface area contributed by atoms with Crippen LogP contribution in [0.25, 0.3) is 0 Å². The Bertz CT molecular complexity index is 944. The summed E-state index contributed by atoms with van der Waals surface area (Å²) in [6, 6.07) is 9.53. The van der Waals surface area contributed by atoms with Crippen molar-refractivity contribution in [2.45, 2.75) is 62.1 Å². The topological polar surface area (TPSA) is 76.6 Å². The van der Waals surface area contributed by atoms with Crippen LogP contribution in [-0.2, 0) is 15.2 Å². The average Bonchev–Trinajstić information content (AvgIpc) is 3.30. The van der Waals surface area contributed by atoms with E-state index in [0.29, 0.717) is 34.8 Å². The van der Waals surface area contributed by atoms with Crippen LogP contribution in [0.2, 0.25) is 5.15 Å². The molecule has 4 rings (SSSR count). The van der Waals surface area contributed by atoms with Gasteiger partial charge in [-0.3, -0.25) is 4.79 Å². The van der Waals surface area contributed by atoms with Gasteiger partial charge in [0.1, 0.15) is 11.0 Å². The summed E-state index contributed by atoms with van der Waals surface area (Å²) in [5.74, 6) is 1.10. The Morgan fingerprint density at radius 1 is 1.12 bits per heavy atom. The first kappa shape index (κ1) is 25.2. The van der Waals surface area contributed by atoms with E-state index in [1.807, 2.05) is 30.3 Å². The van der Waals surface area contributed by atoms with Gasteiger partial charge < -0.3 is 19.7 Å². The lowest BCUT2D eigenvalue weighted by molar-refractivity contribution is -0.169. The van der Waals surface area contributed by atoms with E-state index < -0.39 is 5.79 Å². The fourth-order valence-corrected chi connectivity index (χ4v) is 5.27. The second kappa shape index (κ2) is 12.2. The van der Waals surface area contributed by atoms with Crippen molar-refractivity contribution >= 4 is 35.1 Å². The number of thioether (sulfide) groups is 1. The lowest BCUT2D eigenvalue weighted by atomic mass is 10.0. The van der Waals surface area contributed by atoms with Gasteiger partial charge in [-0.2, -0.15) is 0 Å². The van der Waals surface area contributed by atoms with Gasteiger partial charge in [-0.05, 0) is 24.1 Å². The predicted octanol–water partition coefficient (Wildman–Crippen LogP) is 5.08. The number of amides is 1. The summed E-state index contributed by atoms with van der Waals surface area (Å²) in [6.07, 6.45) is 6.21. The summed E-state index contributed by atoms with van der Waals surface area (Å²) < 4.78 is 11.6. The van der Waals surface area contributed by atoms with Crippen LogP contribution in [0.1, 0.15) is 61.4 Å². The van der Waals surface area contributed by atoms with Crippen molar-refractivity contribution in [1.82, 2.24) is 15.3 Å². The fourth-order valence-electron chi connectivity index (χ4n) is 4.23. The van der Waals surface area contributed by atoms with Gasteiger partial charge in [0.05, 0.1) is 13.2 Å². The third kappa shape index (κ3) is 6.84. The highest BCUT2D eigenvalue weighted by Gasteiger charge is 2.40. The number of unbranched alkanes of at least 4 members (excludes halogenated alkanes) is 3. The quantitative estimate of drug-likeness (QED) is 0.209. The first-order valence-electron chi connectivity index (χ1n) is 12.1. The van der Waals surface area contributed by atoms with Crippen molar-refractivity contribution in [3.05, 3.63) is 46.6 Å². The van der Waals surface area contributed by atoms with Gasteiger partial charge in [-0.1, -0.05) is 61.7 Å². The molecule has 0 atom stereocenters. The van der Waals surface area contributed by atoms with Gasteiger partial charge in [0.25, 0.3) is 5.91 Å². The molecule has 9 heteroatoms. The number of nitrogens with zero attached hydrogens (tertiary/aromatic N) is 3. The number of carbonyl (C=O) groups excluding carboxylic acids is 1. The van der Waals surface area contributed by atoms with Crippen LogP contribution in [0, 0.1) is 0 Å². The number of piperidine rings is 1. The summed E-state index contributed by atoms with van der Waals surface area (Å²) >= 11 is 7.85. The van der Waals surface area contributed by atoms with Crippen molar-refractivity contribution in [3.8, 4) is 0 Å². The number of rotatable bonds is 10. The van der Waals surface area contributed by atoms with E-state index in [4.69, 9.17) is 26.1 Å². The molecule has 0 radical (unpaired) electrons. The number of carbonyl (C=O) groups is 1. The average molecular weight is 505 g/mol. The van der Waals surface area contributed by atoms with Crippen LogP contribution in [0.3, 0.4) is 0 Å². The van der Waals surface area contributed by atoms with E-state index >= 15 is 0 Å². The van der Waals surface area contributed by atoms with Crippen LogP contribution in [0.4, 0.5) is 5.82 Å². The highest BCUT2D eigenvalue weighted by Crippen LogP contribution is 2.33. The number of aromatic nitrogens is 2.